The van der Waals surface area contributed by atoms with Crippen molar-refractivity contribution in [3.63, 3.8) is 0 Å². The fourth-order valence-corrected chi connectivity index (χ4v) is 2.87. The number of carbonyl (C=O) groups excluding carboxylic acids is 1. The highest BCUT2D eigenvalue weighted by atomic mass is 79.9. The molecule has 0 atom stereocenters. The lowest BCUT2D eigenvalue weighted by atomic mass is 10.1. The number of halogens is 1. The number of anilines is 1. The number of carbonyl (C=O) groups is 1. The Hall–Kier alpha value is -1.70. The second-order valence-electron chi connectivity index (χ2n) is 4.89. The molecule has 0 saturated heterocycles. The van der Waals surface area contributed by atoms with Gasteiger partial charge in [-0.2, -0.15) is 0 Å². The molecule has 0 saturated carbocycles. The van der Waals surface area contributed by atoms with Crippen LogP contribution in [0.3, 0.4) is 0 Å². The Bertz CT molecular complexity index is 817. The highest BCUT2D eigenvalue weighted by molar-refractivity contribution is 9.10. The Labute approximate surface area is 137 Å². The van der Waals surface area contributed by atoms with Crippen LogP contribution in [-0.2, 0) is 10.0 Å². The van der Waals surface area contributed by atoms with Gasteiger partial charge in [-0.15, -0.1) is 0 Å². The van der Waals surface area contributed by atoms with E-state index in [9.17, 15) is 13.2 Å². The van der Waals surface area contributed by atoms with Crippen molar-refractivity contribution in [1.29, 1.82) is 0 Å². The highest BCUT2D eigenvalue weighted by Gasteiger charge is 2.19. The molecule has 0 fully saturated rings. The fourth-order valence-electron chi connectivity index (χ4n) is 1.91. The average Bonchev–Trinajstić information content (AvgIpc) is 2.46. The molecule has 22 heavy (non-hydrogen) atoms. The zero-order chi connectivity index (χ0) is 16.5. The summed E-state index contributed by atoms with van der Waals surface area (Å²) in [6, 6.07) is 11.6. The van der Waals surface area contributed by atoms with Gasteiger partial charge in [-0.05, 0) is 53.2 Å². The Morgan fingerprint density at radius 1 is 1.14 bits per heavy atom. The summed E-state index contributed by atoms with van der Waals surface area (Å²) in [5.74, 6) is -0.332. The Kier molecular flexibility index (Phi) is 4.69. The van der Waals surface area contributed by atoms with Crippen molar-refractivity contribution in [2.75, 3.05) is 11.9 Å². The van der Waals surface area contributed by atoms with Crippen LogP contribution in [0.2, 0.25) is 0 Å². The van der Waals surface area contributed by atoms with Gasteiger partial charge in [0.05, 0.1) is 10.5 Å². The van der Waals surface area contributed by atoms with Gasteiger partial charge in [0, 0.05) is 17.2 Å². The lowest BCUT2D eigenvalue weighted by Gasteiger charge is -2.18. The van der Waals surface area contributed by atoms with Crippen LogP contribution in [0.4, 0.5) is 5.69 Å². The van der Waals surface area contributed by atoms with E-state index in [1.54, 1.807) is 7.05 Å². The molecule has 0 spiro atoms. The molecule has 0 aliphatic rings. The normalized spacial score (nSPS) is 11.3. The third kappa shape index (κ3) is 3.55. The van der Waals surface area contributed by atoms with E-state index in [0.29, 0.717) is 10.2 Å². The van der Waals surface area contributed by atoms with E-state index in [0.717, 1.165) is 5.56 Å². The van der Waals surface area contributed by atoms with Crippen LogP contribution in [0.15, 0.2) is 51.8 Å². The quantitative estimate of drug-likeness (QED) is 0.885. The summed E-state index contributed by atoms with van der Waals surface area (Å²) in [6.45, 7) is 1.96. The van der Waals surface area contributed by atoms with Crippen LogP contribution in [-0.4, -0.2) is 21.4 Å². The van der Waals surface area contributed by atoms with Crippen molar-refractivity contribution in [3.05, 3.63) is 58.1 Å². The molecule has 0 aliphatic carbocycles. The predicted molar refractivity (Wildman–Crippen MR) is 89.4 cm³/mol. The fraction of sp³-hybridized carbons (Fsp3) is 0.133. The Morgan fingerprint density at radius 3 is 2.27 bits per heavy atom. The molecule has 2 aromatic rings. The summed E-state index contributed by atoms with van der Waals surface area (Å²) < 4.78 is 23.4. The Morgan fingerprint density at radius 2 is 1.73 bits per heavy atom. The number of rotatable bonds is 3. The van der Waals surface area contributed by atoms with E-state index < -0.39 is 10.0 Å². The number of primary sulfonamides is 1. The number of nitrogens with two attached hydrogens (primary N) is 1. The summed E-state index contributed by atoms with van der Waals surface area (Å²) in [4.78, 5) is 13.9. The first-order valence-electron chi connectivity index (χ1n) is 6.37. The highest BCUT2D eigenvalue weighted by Crippen LogP contribution is 2.24. The van der Waals surface area contributed by atoms with Crippen LogP contribution in [0.5, 0.6) is 0 Å². The summed E-state index contributed by atoms with van der Waals surface area (Å²) >= 11 is 3.27. The van der Waals surface area contributed by atoms with Crippen molar-refractivity contribution < 1.29 is 13.2 Å². The minimum atomic E-state index is -3.86. The number of sulfonamides is 1. The lowest BCUT2D eigenvalue weighted by Crippen LogP contribution is -2.27. The first-order valence-corrected chi connectivity index (χ1v) is 8.71. The topological polar surface area (TPSA) is 80.5 Å². The Balaban J connectivity index is 2.42. The van der Waals surface area contributed by atoms with Crippen molar-refractivity contribution in [3.8, 4) is 0 Å². The smallest absolute Gasteiger partial charge is 0.259 e. The molecule has 2 rings (SSSR count). The molecule has 1 amide bonds. The molecule has 0 aromatic heterocycles. The number of amides is 1. The van der Waals surface area contributed by atoms with Gasteiger partial charge >= 0.3 is 0 Å². The van der Waals surface area contributed by atoms with Gasteiger partial charge in [-0.25, -0.2) is 13.6 Å². The van der Waals surface area contributed by atoms with Crippen molar-refractivity contribution in [1.82, 2.24) is 0 Å². The van der Waals surface area contributed by atoms with Gasteiger partial charge in [0.15, 0.2) is 0 Å². The summed E-state index contributed by atoms with van der Waals surface area (Å²) in [5, 5.41) is 5.11. The summed E-state index contributed by atoms with van der Waals surface area (Å²) in [5.41, 5.74) is 2.03. The largest absolute Gasteiger partial charge is 0.311 e. The van der Waals surface area contributed by atoms with E-state index >= 15 is 0 Å². The zero-order valence-electron chi connectivity index (χ0n) is 12.1. The van der Waals surface area contributed by atoms with Crippen molar-refractivity contribution >= 4 is 37.5 Å². The van der Waals surface area contributed by atoms with Gasteiger partial charge in [-0.1, -0.05) is 17.7 Å². The molecular formula is C15H15BrN2O3S. The maximum absolute atomic E-state index is 12.6. The maximum atomic E-state index is 12.6. The molecule has 2 N–H and O–H groups in total. The molecule has 0 unspecified atom stereocenters. The standard InChI is InChI=1S/C15H15BrN2O3S/c1-10-3-5-11(6-4-10)18(2)15(19)13-9-12(22(17,20)21)7-8-14(13)16/h3-9H,1-2H3,(H2,17,20,21). The third-order valence-electron chi connectivity index (χ3n) is 3.22. The monoisotopic (exact) mass is 382 g/mol. The number of hydrogen-bond donors (Lipinski definition) is 1. The third-order valence-corrected chi connectivity index (χ3v) is 4.83. The average molecular weight is 383 g/mol. The van der Waals surface area contributed by atoms with E-state index in [4.69, 9.17) is 5.14 Å². The van der Waals surface area contributed by atoms with E-state index in [2.05, 4.69) is 15.9 Å². The van der Waals surface area contributed by atoms with Crippen LogP contribution < -0.4 is 10.0 Å². The predicted octanol–water partition coefficient (Wildman–Crippen LogP) is 2.68. The maximum Gasteiger partial charge on any atom is 0.259 e. The van der Waals surface area contributed by atoms with Gasteiger partial charge in [-0.3, -0.25) is 4.79 Å². The van der Waals surface area contributed by atoms with Gasteiger partial charge in [0.1, 0.15) is 0 Å². The van der Waals surface area contributed by atoms with E-state index in [-0.39, 0.29) is 16.4 Å². The number of benzene rings is 2. The van der Waals surface area contributed by atoms with Gasteiger partial charge in [0.2, 0.25) is 10.0 Å². The molecular weight excluding hydrogens is 368 g/mol. The molecule has 116 valence electrons. The summed E-state index contributed by atoms with van der Waals surface area (Å²) in [6.07, 6.45) is 0. The molecule has 0 heterocycles. The molecule has 7 heteroatoms. The van der Waals surface area contributed by atoms with Crippen LogP contribution >= 0.6 is 15.9 Å². The lowest BCUT2D eigenvalue weighted by molar-refractivity contribution is 0.0992. The number of nitrogens with zero attached hydrogens (tertiary/aromatic N) is 1. The zero-order valence-corrected chi connectivity index (χ0v) is 14.5. The molecule has 2 aromatic carbocycles. The minimum Gasteiger partial charge on any atom is -0.311 e. The second kappa shape index (κ2) is 6.20. The molecule has 5 nitrogen and oxygen atoms in total. The van der Waals surface area contributed by atoms with Gasteiger partial charge in [0.25, 0.3) is 5.91 Å². The van der Waals surface area contributed by atoms with Crippen LogP contribution in [0, 0.1) is 6.92 Å². The molecule has 0 radical (unpaired) electrons. The minimum absolute atomic E-state index is 0.101. The van der Waals surface area contributed by atoms with Crippen LogP contribution in [0.25, 0.3) is 0 Å². The van der Waals surface area contributed by atoms with Crippen LogP contribution in [0.1, 0.15) is 15.9 Å². The number of aryl methyl sites for hydroxylation is 1. The van der Waals surface area contributed by atoms with Crippen molar-refractivity contribution in [2.45, 2.75) is 11.8 Å². The van der Waals surface area contributed by atoms with Crippen molar-refractivity contribution in [2.24, 2.45) is 5.14 Å². The molecule has 0 aliphatic heterocycles. The SMILES string of the molecule is Cc1ccc(N(C)C(=O)c2cc(S(N)(=O)=O)ccc2Br)cc1. The van der Waals surface area contributed by atoms with Gasteiger partial charge < -0.3 is 4.90 Å². The van der Waals surface area contributed by atoms with E-state index in [1.165, 1.54) is 23.1 Å². The number of hydrogen-bond acceptors (Lipinski definition) is 3. The van der Waals surface area contributed by atoms with E-state index in [1.807, 2.05) is 31.2 Å². The molecule has 0 bridgehead atoms. The summed E-state index contributed by atoms with van der Waals surface area (Å²) in [7, 11) is -2.24. The first-order chi connectivity index (χ1) is 10.2. The first kappa shape index (κ1) is 16.7. The second-order valence-corrected chi connectivity index (χ2v) is 7.30.